The Bertz CT molecular complexity index is 534. The van der Waals surface area contributed by atoms with Crippen molar-refractivity contribution in [2.75, 3.05) is 13.2 Å². The van der Waals surface area contributed by atoms with Crippen LogP contribution in [0.1, 0.15) is 57.0 Å². The average Bonchev–Trinajstić information content (AvgIpc) is 2.81. The van der Waals surface area contributed by atoms with Gasteiger partial charge in [0.15, 0.2) is 0 Å². The van der Waals surface area contributed by atoms with Crippen LogP contribution < -0.4 is 0 Å². The van der Waals surface area contributed by atoms with E-state index < -0.39 is 11.6 Å². The highest BCUT2D eigenvalue weighted by atomic mass is 16.6. The summed E-state index contributed by atoms with van der Waals surface area (Å²) in [5, 5.41) is 13.1. The third kappa shape index (κ3) is 6.77. The van der Waals surface area contributed by atoms with Crippen LogP contribution in [-0.2, 0) is 27.2 Å². The SMILES string of the molecule is CCOC(=O)c1nc(CCCC(=O)OC(C)(C)C)n(CCO)n1. The quantitative estimate of drug-likeness (QED) is 0.713. The van der Waals surface area contributed by atoms with Gasteiger partial charge in [0.1, 0.15) is 11.4 Å². The Hall–Kier alpha value is -1.96. The van der Waals surface area contributed by atoms with Crippen LogP contribution in [0.2, 0.25) is 0 Å². The summed E-state index contributed by atoms with van der Waals surface area (Å²) in [6.07, 6.45) is 1.21. The molecule has 0 aliphatic heterocycles. The highest BCUT2D eigenvalue weighted by Crippen LogP contribution is 2.11. The standard InChI is InChI=1S/C15H25N3O5/c1-5-22-14(21)13-16-11(18(17-13)9-10-19)7-6-8-12(20)23-15(2,3)4/h19H,5-10H2,1-4H3. The molecule has 0 spiro atoms. The summed E-state index contributed by atoms with van der Waals surface area (Å²) >= 11 is 0. The third-order valence-electron chi connectivity index (χ3n) is 2.72. The van der Waals surface area contributed by atoms with Gasteiger partial charge in [-0.2, -0.15) is 0 Å². The lowest BCUT2D eigenvalue weighted by molar-refractivity contribution is -0.154. The van der Waals surface area contributed by atoms with Crippen LogP contribution in [0.15, 0.2) is 0 Å². The van der Waals surface area contributed by atoms with Crippen molar-refractivity contribution in [1.29, 1.82) is 0 Å². The zero-order valence-electron chi connectivity index (χ0n) is 14.2. The number of esters is 2. The highest BCUT2D eigenvalue weighted by Gasteiger charge is 2.19. The molecule has 0 aromatic carbocycles. The molecule has 1 heterocycles. The minimum Gasteiger partial charge on any atom is -0.460 e. The van der Waals surface area contributed by atoms with Crippen molar-refractivity contribution in [1.82, 2.24) is 14.8 Å². The maximum absolute atomic E-state index is 11.7. The van der Waals surface area contributed by atoms with Gasteiger partial charge < -0.3 is 14.6 Å². The summed E-state index contributed by atoms with van der Waals surface area (Å²) in [7, 11) is 0. The van der Waals surface area contributed by atoms with Gasteiger partial charge in [0, 0.05) is 12.8 Å². The van der Waals surface area contributed by atoms with Crippen molar-refractivity contribution >= 4 is 11.9 Å². The van der Waals surface area contributed by atoms with Gasteiger partial charge in [0.05, 0.1) is 19.8 Å². The first kappa shape index (κ1) is 19.1. The van der Waals surface area contributed by atoms with Crippen molar-refractivity contribution in [3.8, 4) is 0 Å². The number of nitrogens with zero attached hydrogens (tertiary/aromatic N) is 3. The normalized spacial score (nSPS) is 11.3. The van der Waals surface area contributed by atoms with E-state index in [0.29, 0.717) is 18.7 Å². The van der Waals surface area contributed by atoms with E-state index in [9.17, 15) is 9.59 Å². The fourth-order valence-electron chi connectivity index (χ4n) is 1.90. The summed E-state index contributed by atoms with van der Waals surface area (Å²) < 4.78 is 11.6. The molecule has 0 saturated carbocycles. The van der Waals surface area contributed by atoms with Gasteiger partial charge >= 0.3 is 11.9 Å². The predicted molar refractivity (Wildman–Crippen MR) is 81.8 cm³/mol. The second kappa shape index (κ2) is 8.61. The van der Waals surface area contributed by atoms with Crippen LogP contribution >= 0.6 is 0 Å². The van der Waals surface area contributed by atoms with Gasteiger partial charge in [-0.15, -0.1) is 5.10 Å². The molecule has 23 heavy (non-hydrogen) atoms. The van der Waals surface area contributed by atoms with Crippen molar-refractivity contribution in [2.24, 2.45) is 0 Å². The first-order valence-corrected chi connectivity index (χ1v) is 7.70. The van der Waals surface area contributed by atoms with Crippen molar-refractivity contribution in [2.45, 2.75) is 59.1 Å². The second-order valence-corrected chi connectivity index (χ2v) is 5.96. The van der Waals surface area contributed by atoms with E-state index >= 15 is 0 Å². The third-order valence-corrected chi connectivity index (χ3v) is 2.72. The smallest absolute Gasteiger partial charge is 0.378 e. The molecule has 0 fully saturated rings. The van der Waals surface area contributed by atoms with Gasteiger partial charge in [-0.05, 0) is 34.1 Å². The molecule has 1 N–H and O–H groups in total. The molecule has 1 rings (SSSR count). The molecule has 1 aromatic heterocycles. The Morgan fingerprint density at radius 1 is 1.30 bits per heavy atom. The highest BCUT2D eigenvalue weighted by molar-refractivity contribution is 5.84. The molecule has 130 valence electrons. The molecule has 0 atom stereocenters. The second-order valence-electron chi connectivity index (χ2n) is 5.96. The number of aryl methyl sites for hydroxylation is 1. The predicted octanol–water partition coefficient (Wildman–Crippen LogP) is 1.11. The summed E-state index contributed by atoms with van der Waals surface area (Å²) in [5.41, 5.74) is -0.509. The molecule has 0 radical (unpaired) electrons. The molecular weight excluding hydrogens is 302 g/mol. The molecule has 0 amide bonds. The summed E-state index contributed by atoms with van der Waals surface area (Å²) in [4.78, 5) is 27.5. The summed E-state index contributed by atoms with van der Waals surface area (Å²) in [6.45, 7) is 7.49. The molecule has 1 aromatic rings. The minimum atomic E-state index is -0.599. The Morgan fingerprint density at radius 2 is 2.00 bits per heavy atom. The van der Waals surface area contributed by atoms with E-state index in [0.717, 1.165) is 0 Å². The van der Waals surface area contributed by atoms with Crippen LogP contribution in [0.4, 0.5) is 0 Å². The molecule has 0 aliphatic carbocycles. The lowest BCUT2D eigenvalue weighted by Gasteiger charge is -2.19. The van der Waals surface area contributed by atoms with Gasteiger partial charge in [0.25, 0.3) is 5.82 Å². The van der Waals surface area contributed by atoms with Crippen molar-refractivity contribution in [3.63, 3.8) is 0 Å². The minimum absolute atomic E-state index is 0.0347. The van der Waals surface area contributed by atoms with Gasteiger partial charge in [-0.1, -0.05) is 0 Å². The molecule has 0 unspecified atom stereocenters. The van der Waals surface area contributed by atoms with E-state index in [2.05, 4.69) is 10.1 Å². The molecular formula is C15H25N3O5. The zero-order chi connectivity index (χ0) is 17.5. The lowest BCUT2D eigenvalue weighted by atomic mass is 10.2. The molecule has 0 saturated heterocycles. The van der Waals surface area contributed by atoms with Gasteiger partial charge in [-0.25, -0.2) is 14.5 Å². The maximum Gasteiger partial charge on any atom is 0.378 e. The Balaban J connectivity index is 2.64. The van der Waals surface area contributed by atoms with Gasteiger partial charge in [-0.3, -0.25) is 4.79 Å². The number of carbonyl (C=O) groups is 2. The topological polar surface area (TPSA) is 104 Å². The largest absolute Gasteiger partial charge is 0.460 e. The van der Waals surface area contributed by atoms with E-state index in [1.165, 1.54) is 4.68 Å². The average molecular weight is 327 g/mol. The van der Waals surface area contributed by atoms with E-state index in [1.807, 2.05) is 20.8 Å². The van der Waals surface area contributed by atoms with E-state index in [4.69, 9.17) is 14.6 Å². The number of aliphatic hydroxyl groups is 1. The van der Waals surface area contributed by atoms with Crippen molar-refractivity contribution in [3.05, 3.63) is 11.6 Å². The van der Waals surface area contributed by atoms with Gasteiger partial charge in [0.2, 0.25) is 0 Å². The molecule has 0 aliphatic rings. The Kier molecular flexibility index (Phi) is 7.15. The van der Waals surface area contributed by atoms with E-state index in [1.54, 1.807) is 6.92 Å². The number of hydrogen-bond donors (Lipinski definition) is 1. The van der Waals surface area contributed by atoms with Crippen LogP contribution in [0.5, 0.6) is 0 Å². The lowest BCUT2D eigenvalue weighted by Crippen LogP contribution is -2.23. The van der Waals surface area contributed by atoms with Crippen LogP contribution in [0.3, 0.4) is 0 Å². The summed E-state index contributed by atoms with van der Waals surface area (Å²) in [5.74, 6) is -0.382. The summed E-state index contributed by atoms with van der Waals surface area (Å²) in [6, 6.07) is 0. The van der Waals surface area contributed by atoms with Crippen LogP contribution in [0.25, 0.3) is 0 Å². The van der Waals surface area contributed by atoms with Crippen LogP contribution in [0, 0.1) is 0 Å². The fraction of sp³-hybridized carbons (Fsp3) is 0.733. The Labute approximate surface area is 135 Å². The number of hydrogen-bond acceptors (Lipinski definition) is 7. The number of rotatable bonds is 8. The first-order valence-electron chi connectivity index (χ1n) is 7.70. The monoisotopic (exact) mass is 327 g/mol. The maximum atomic E-state index is 11.7. The first-order chi connectivity index (χ1) is 10.8. The van der Waals surface area contributed by atoms with Crippen molar-refractivity contribution < 1.29 is 24.2 Å². The molecule has 8 heteroatoms. The number of aromatic nitrogens is 3. The number of ether oxygens (including phenoxy) is 2. The van der Waals surface area contributed by atoms with Crippen LogP contribution in [-0.4, -0.2) is 50.6 Å². The zero-order valence-corrected chi connectivity index (χ0v) is 14.2. The fourth-order valence-corrected chi connectivity index (χ4v) is 1.90. The number of carbonyl (C=O) groups excluding carboxylic acids is 2. The Morgan fingerprint density at radius 3 is 2.57 bits per heavy atom. The van der Waals surface area contributed by atoms with E-state index in [-0.39, 0.29) is 38.0 Å². The molecule has 0 bridgehead atoms. The number of aliphatic hydroxyl groups excluding tert-OH is 1. The molecule has 8 nitrogen and oxygen atoms in total.